The van der Waals surface area contributed by atoms with Crippen molar-refractivity contribution in [3.8, 4) is 17.2 Å². The van der Waals surface area contributed by atoms with Crippen LogP contribution in [0.5, 0.6) is 17.2 Å². The topological polar surface area (TPSA) is 65.0 Å². The van der Waals surface area contributed by atoms with E-state index >= 15 is 0 Å². The van der Waals surface area contributed by atoms with E-state index in [2.05, 4.69) is 0 Å². The van der Waals surface area contributed by atoms with Crippen LogP contribution in [0.1, 0.15) is 24.5 Å². The Morgan fingerprint density at radius 3 is 2.58 bits per heavy atom. The quantitative estimate of drug-likeness (QED) is 0.615. The Hall–Kier alpha value is -2.40. The first kappa shape index (κ1) is 19.9. The van der Waals surface area contributed by atoms with Crippen molar-refractivity contribution in [2.24, 2.45) is 0 Å². The van der Waals surface area contributed by atoms with Crippen molar-refractivity contribution in [2.75, 3.05) is 19.8 Å². The molecular formula is C20H23ClO5. The van der Waals surface area contributed by atoms with Gasteiger partial charge in [0, 0.05) is 6.42 Å². The molecule has 0 atom stereocenters. The third-order valence-corrected chi connectivity index (χ3v) is 3.87. The van der Waals surface area contributed by atoms with Crippen molar-refractivity contribution < 1.29 is 24.1 Å². The van der Waals surface area contributed by atoms with Gasteiger partial charge in [-0.3, -0.25) is 4.79 Å². The number of rotatable bonds is 10. The number of halogens is 1. The third-order valence-electron chi connectivity index (χ3n) is 3.58. The molecule has 0 radical (unpaired) electrons. The lowest BCUT2D eigenvalue weighted by Crippen LogP contribution is -2.10. The number of benzene rings is 2. The zero-order valence-corrected chi connectivity index (χ0v) is 15.7. The lowest BCUT2D eigenvalue weighted by Gasteiger charge is -2.15. The number of aliphatic carboxylic acids is 1. The zero-order valence-electron chi connectivity index (χ0n) is 15.0. The summed E-state index contributed by atoms with van der Waals surface area (Å²) in [6.07, 6.45) is 0.415. The van der Waals surface area contributed by atoms with Gasteiger partial charge in [-0.1, -0.05) is 23.7 Å². The third kappa shape index (κ3) is 6.15. The molecule has 0 saturated carbocycles. The van der Waals surface area contributed by atoms with E-state index < -0.39 is 5.97 Å². The fraction of sp³-hybridized carbons (Fsp3) is 0.350. The molecule has 2 aromatic carbocycles. The number of aryl methyl sites for hydroxylation is 2. The van der Waals surface area contributed by atoms with Crippen LogP contribution in [-0.4, -0.2) is 30.9 Å². The molecule has 2 rings (SSSR count). The van der Waals surface area contributed by atoms with Crippen LogP contribution >= 0.6 is 11.6 Å². The van der Waals surface area contributed by atoms with E-state index in [9.17, 15) is 4.79 Å². The van der Waals surface area contributed by atoms with Gasteiger partial charge in [0.05, 0.1) is 11.6 Å². The lowest BCUT2D eigenvalue weighted by molar-refractivity contribution is -0.136. The molecule has 0 fully saturated rings. The van der Waals surface area contributed by atoms with Crippen LogP contribution in [0.4, 0.5) is 0 Å². The van der Waals surface area contributed by atoms with E-state index in [0.29, 0.717) is 42.8 Å². The summed E-state index contributed by atoms with van der Waals surface area (Å²) < 4.78 is 17.0. The van der Waals surface area contributed by atoms with Crippen molar-refractivity contribution in [1.29, 1.82) is 0 Å². The van der Waals surface area contributed by atoms with Gasteiger partial charge >= 0.3 is 5.97 Å². The van der Waals surface area contributed by atoms with Gasteiger partial charge in [-0.25, -0.2) is 0 Å². The highest BCUT2D eigenvalue weighted by Gasteiger charge is 2.13. The molecule has 5 nitrogen and oxygen atoms in total. The Morgan fingerprint density at radius 1 is 1.12 bits per heavy atom. The second-order valence-corrected chi connectivity index (χ2v) is 6.15. The predicted octanol–water partition coefficient (Wildman–Crippen LogP) is 4.52. The molecule has 0 saturated heterocycles. The Morgan fingerprint density at radius 2 is 1.88 bits per heavy atom. The van der Waals surface area contributed by atoms with E-state index in [4.69, 9.17) is 30.9 Å². The van der Waals surface area contributed by atoms with Gasteiger partial charge in [-0.05, 0) is 55.7 Å². The second-order valence-electron chi connectivity index (χ2n) is 5.75. The van der Waals surface area contributed by atoms with Crippen LogP contribution in [0.3, 0.4) is 0 Å². The van der Waals surface area contributed by atoms with Crippen LogP contribution in [0.15, 0.2) is 36.4 Å². The number of carboxylic acid groups (broad SMARTS) is 1. The van der Waals surface area contributed by atoms with Crippen molar-refractivity contribution in [2.45, 2.75) is 26.7 Å². The Bertz CT molecular complexity index is 745. The summed E-state index contributed by atoms with van der Waals surface area (Å²) in [6, 6.07) is 11.3. The molecule has 0 aromatic heterocycles. The van der Waals surface area contributed by atoms with Gasteiger partial charge in [0.1, 0.15) is 19.0 Å². The molecule has 0 spiro atoms. The fourth-order valence-electron chi connectivity index (χ4n) is 2.43. The van der Waals surface area contributed by atoms with Crippen LogP contribution in [-0.2, 0) is 11.2 Å². The molecule has 0 unspecified atom stereocenters. The van der Waals surface area contributed by atoms with E-state index in [0.717, 1.165) is 16.9 Å². The summed E-state index contributed by atoms with van der Waals surface area (Å²) in [5.74, 6) is 0.887. The second kappa shape index (κ2) is 9.92. The average molecular weight is 379 g/mol. The summed E-state index contributed by atoms with van der Waals surface area (Å²) in [7, 11) is 0. The highest BCUT2D eigenvalue weighted by atomic mass is 35.5. The normalized spacial score (nSPS) is 10.4. The Labute approximate surface area is 158 Å². The molecule has 0 bridgehead atoms. The molecule has 0 heterocycles. The van der Waals surface area contributed by atoms with Crippen molar-refractivity contribution in [1.82, 2.24) is 0 Å². The van der Waals surface area contributed by atoms with E-state index in [1.807, 2.05) is 38.1 Å². The Balaban J connectivity index is 1.99. The zero-order chi connectivity index (χ0) is 18.9. The van der Waals surface area contributed by atoms with E-state index in [-0.39, 0.29) is 6.42 Å². The predicted molar refractivity (Wildman–Crippen MR) is 101 cm³/mol. The monoisotopic (exact) mass is 378 g/mol. The van der Waals surface area contributed by atoms with Gasteiger partial charge in [-0.2, -0.15) is 0 Å². The largest absolute Gasteiger partial charge is 0.490 e. The molecule has 0 amide bonds. The molecule has 6 heteroatoms. The number of carbonyl (C=O) groups is 1. The van der Waals surface area contributed by atoms with Gasteiger partial charge in [0.2, 0.25) is 0 Å². The molecule has 0 aliphatic carbocycles. The van der Waals surface area contributed by atoms with Crippen LogP contribution in [0.2, 0.25) is 5.02 Å². The highest BCUT2D eigenvalue weighted by Crippen LogP contribution is 2.37. The van der Waals surface area contributed by atoms with Gasteiger partial charge < -0.3 is 19.3 Å². The first-order chi connectivity index (χ1) is 12.5. The molecule has 2 aromatic rings. The summed E-state index contributed by atoms with van der Waals surface area (Å²) in [5, 5.41) is 9.22. The summed E-state index contributed by atoms with van der Waals surface area (Å²) in [6.45, 7) is 5.00. The fourth-order valence-corrected chi connectivity index (χ4v) is 2.72. The lowest BCUT2D eigenvalue weighted by atomic mass is 10.1. The molecular weight excluding hydrogens is 356 g/mol. The number of ether oxygens (including phenoxy) is 3. The maximum Gasteiger partial charge on any atom is 0.303 e. The maximum atomic E-state index is 10.7. The highest BCUT2D eigenvalue weighted by molar-refractivity contribution is 6.32. The number of hydrogen-bond donors (Lipinski definition) is 1. The van der Waals surface area contributed by atoms with Gasteiger partial charge in [0.15, 0.2) is 11.5 Å². The number of carboxylic acids is 1. The van der Waals surface area contributed by atoms with Crippen LogP contribution in [0, 0.1) is 6.92 Å². The minimum atomic E-state index is -0.854. The molecule has 0 aliphatic rings. The molecule has 26 heavy (non-hydrogen) atoms. The van der Waals surface area contributed by atoms with Gasteiger partial charge in [-0.15, -0.1) is 0 Å². The standard InChI is InChI=1S/C20H23ClO5/c1-3-24-18-13-15(7-8-19(22)23)12-17(21)20(18)26-10-9-25-16-6-4-5-14(2)11-16/h4-6,11-13H,3,7-10H2,1-2H3,(H,22,23). The number of hydrogen-bond acceptors (Lipinski definition) is 4. The van der Waals surface area contributed by atoms with Crippen LogP contribution in [0.25, 0.3) is 0 Å². The smallest absolute Gasteiger partial charge is 0.303 e. The van der Waals surface area contributed by atoms with Crippen molar-refractivity contribution >= 4 is 17.6 Å². The van der Waals surface area contributed by atoms with Crippen LogP contribution < -0.4 is 14.2 Å². The first-order valence-corrected chi connectivity index (χ1v) is 8.86. The van der Waals surface area contributed by atoms with E-state index in [1.165, 1.54) is 0 Å². The molecule has 1 N–H and O–H groups in total. The van der Waals surface area contributed by atoms with Crippen molar-refractivity contribution in [3.05, 3.63) is 52.5 Å². The Kier molecular flexibility index (Phi) is 7.60. The first-order valence-electron chi connectivity index (χ1n) is 8.49. The molecule has 140 valence electrons. The molecule has 0 aliphatic heterocycles. The average Bonchev–Trinajstić information content (AvgIpc) is 2.59. The SMILES string of the molecule is CCOc1cc(CCC(=O)O)cc(Cl)c1OCCOc1cccc(C)c1. The van der Waals surface area contributed by atoms with Crippen molar-refractivity contribution in [3.63, 3.8) is 0 Å². The summed E-state index contributed by atoms with van der Waals surface area (Å²) in [4.78, 5) is 10.7. The summed E-state index contributed by atoms with van der Waals surface area (Å²) in [5.41, 5.74) is 1.92. The maximum absolute atomic E-state index is 10.7. The van der Waals surface area contributed by atoms with Gasteiger partial charge in [0.25, 0.3) is 0 Å². The van der Waals surface area contributed by atoms with E-state index in [1.54, 1.807) is 12.1 Å². The summed E-state index contributed by atoms with van der Waals surface area (Å²) >= 11 is 6.31. The minimum Gasteiger partial charge on any atom is -0.490 e. The minimum absolute atomic E-state index is 0.0342.